The van der Waals surface area contributed by atoms with Gasteiger partial charge in [0.1, 0.15) is 10.6 Å². The Labute approximate surface area is 195 Å². The normalized spacial score (nSPS) is 16.2. The second-order valence-corrected chi connectivity index (χ2v) is 9.72. The monoisotopic (exact) mass is 502 g/mol. The molecule has 2 aromatic carbocycles. The minimum atomic E-state index is -4.72. The highest BCUT2D eigenvalue weighted by Gasteiger charge is 2.35. The van der Waals surface area contributed by atoms with Gasteiger partial charge in [-0.1, -0.05) is 6.92 Å². The van der Waals surface area contributed by atoms with Gasteiger partial charge in [-0.2, -0.15) is 13.2 Å². The van der Waals surface area contributed by atoms with Gasteiger partial charge in [0.25, 0.3) is 10.0 Å². The second kappa shape index (κ2) is 9.34. The molecule has 8 nitrogen and oxygen atoms in total. The number of aliphatic hydroxyl groups is 1. The first kappa shape index (κ1) is 25.6. The molecule has 1 aliphatic heterocycles. The Morgan fingerprint density at radius 1 is 1.18 bits per heavy atom. The molecule has 12 heteroatoms. The highest BCUT2D eigenvalue weighted by Crippen LogP contribution is 2.39. The Morgan fingerprint density at radius 2 is 1.82 bits per heavy atom. The fourth-order valence-electron chi connectivity index (χ4n) is 3.81. The first-order chi connectivity index (χ1) is 15.8. The van der Waals surface area contributed by atoms with E-state index in [4.69, 9.17) is 4.74 Å². The van der Waals surface area contributed by atoms with E-state index in [0.29, 0.717) is 38.4 Å². The number of piperidine rings is 1. The molecule has 186 valence electrons. The third-order valence-electron chi connectivity index (χ3n) is 5.96. The number of carboxylic acids is 1. The van der Waals surface area contributed by atoms with Crippen LogP contribution in [0.3, 0.4) is 0 Å². The average molecular weight is 503 g/mol. The number of hydrogen-bond donors (Lipinski definition) is 3. The lowest BCUT2D eigenvalue weighted by Gasteiger charge is -2.39. The quantitative estimate of drug-likeness (QED) is 0.525. The number of alkyl halides is 3. The van der Waals surface area contributed by atoms with E-state index in [9.17, 15) is 36.6 Å². The van der Waals surface area contributed by atoms with Crippen molar-refractivity contribution in [3.63, 3.8) is 0 Å². The Morgan fingerprint density at radius 3 is 2.35 bits per heavy atom. The molecule has 0 spiro atoms. The van der Waals surface area contributed by atoms with Gasteiger partial charge in [0.2, 0.25) is 0 Å². The fourth-order valence-corrected chi connectivity index (χ4v) is 5.07. The third kappa shape index (κ3) is 5.39. The zero-order chi connectivity index (χ0) is 25.3. The van der Waals surface area contributed by atoms with E-state index < -0.39 is 38.2 Å². The van der Waals surface area contributed by atoms with Crippen LogP contribution in [0.15, 0.2) is 41.3 Å². The van der Waals surface area contributed by atoms with Gasteiger partial charge in [0.05, 0.1) is 35.2 Å². The summed E-state index contributed by atoms with van der Waals surface area (Å²) in [4.78, 5) is 12.5. The SMILES string of the molecule is CCC1(O)CCN(c2ccc(C(F)(F)F)cc2NS(=O)(=O)c2cc(C(=O)O)ccc2OC)CC1. The number of benzene rings is 2. The smallest absolute Gasteiger partial charge is 0.416 e. The van der Waals surface area contributed by atoms with E-state index in [0.717, 1.165) is 24.3 Å². The van der Waals surface area contributed by atoms with Gasteiger partial charge < -0.3 is 19.8 Å². The first-order valence-corrected chi connectivity index (χ1v) is 11.9. The van der Waals surface area contributed by atoms with Crippen LogP contribution in [-0.4, -0.2) is 50.4 Å². The summed E-state index contributed by atoms with van der Waals surface area (Å²) in [5.74, 6) is -1.55. The van der Waals surface area contributed by atoms with Crippen LogP contribution in [0.5, 0.6) is 5.75 Å². The number of carbonyl (C=O) groups is 1. The summed E-state index contributed by atoms with van der Waals surface area (Å²) in [5, 5.41) is 19.7. The number of methoxy groups -OCH3 is 1. The van der Waals surface area contributed by atoms with Crippen LogP contribution >= 0.6 is 0 Å². The van der Waals surface area contributed by atoms with Crippen molar-refractivity contribution in [1.29, 1.82) is 0 Å². The minimum Gasteiger partial charge on any atom is -0.495 e. The molecule has 0 aromatic heterocycles. The first-order valence-electron chi connectivity index (χ1n) is 10.4. The lowest BCUT2D eigenvalue weighted by atomic mass is 9.88. The number of hydrogen-bond acceptors (Lipinski definition) is 6. The Balaban J connectivity index is 2.06. The zero-order valence-corrected chi connectivity index (χ0v) is 19.3. The predicted molar refractivity (Wildman–Crippen MR) is 119 cm³/mol. The molecular formula is C22H25F3N2O6S. The molecule has 1 heterocycles. The summed E-state index contributed by atoms with van der Waals surface area (Å²) in [6.07, 6.45) is -3.46. The number of anilines is 2. The van der Waals surface area contributed by atoms with E-state index in [-0.39, 0.29) is 22.7 Å². The van der Waals surface area contributed by atoms with E-state index in [1.54, 1.807) is 4.90 Å². The Kier molecular flexibility index (Phi) is 7.04. The van der Waals surface area contributed by atoms with Crippen LogP contribution in [0.4, 0.5) is 24.5 Å². The summed E-state index contributed by atoms with van der Waals surface area (Å²) in [6, 6.07) is 5.92. The summed E-state index contributed by atoms with van der Waals surface area (Å²) in [5.41, 5.74) is -2.38. The molecule has 0 bridgehead atoms. The van der Waals surface area contributed by atoms with Gasteiger partial charge in [-0.05, 0) is 55.7 Å². The fraction of sp³-hybridized carbons (Fsp3) is 0.409. The molecule has 0 saturated carbocycles. The van der Waals surface area contributed by atoms with Gasteiger partial charge in [0, 0.05) is 13.1 Å². The largest absolute Gasteiger partial charge is 0.495 e. The van der Waals surface area contributed by atoms with Crippen molar-refractivity contribution in [2.24, 2.45) is 0 Å². The summed E-state index contributed by atoms with van der Waals surface area (Å²) < 4.78 is 73.8. The van der Waals surface area contributed by atoms with Crippen molar-refractivity contribution in [3.05, 3.63) is 47.5 Å². The molecule has 3 N–H and O–H groups in total. The molecule has 1 saturated heterocycles. The van der Waals surface area contributed by atoms with E-state index in [1.165, 1.54) is 13.2 Å². The molecule has 1 fully saturated rings. The Bertz CT molecular complexity index is 1180. The number of carboxylic acid groups (broad SMARTS) is 1. The molecular weight excluding hydrogens is 477 g/mol. The van der Waals surface area contributed by atoms with Crippen LogP contribution in [0.25, 0.3) is 0 Å². The number of nitrogens with zero attached hydrogens (tertiary/aromatic N) is 1. The molecule has 0 amide bonds. The van der Waals surface area contributed by atoms with Crippen molar-refractivity contribution in [3.8, 4) is 5.75 Å². The molecule has 0 unspecified atom stereocenters. The van der Waals surface area contributed by atoms with E-state index in [2.05, 4.69) is 4.72 Å². The lowest BCUT2D eigenvalue weighted by Crippen LogP contribution is -2.44. The lowest BCUT2D eigenvalue weighted by molar-refractivity contribution is -0.137. The minimum absolute atomic E-state index is 0.169. The molecule has 0 atom stereocenters. The molecule has 2 aromatic rings. The van der Waals surface area contributed by atoms with Crippen molar-refractivity contribution < 1.29 is 41.3 Å². The predicted octanol–water partition coefficient (Wildman–Crippen LogP) is 3.95. The summed E-state index contributed by atoms with van der Waals surface area (Å²) in [6.45, 7) is 2.45. The van der Waals surface area contributed by atoms with Crippen LogP contribution < -0.4 is 14.4 Å². The number of rotatable bonds is 7. The number of ether oxygens (including phenoxy) is 1. The second-order valence-electron chi connectivity index (χ2n) is 8.07. The van der Waals surface area contributed by atoms with E-state index in [1.807, 2.05) is 6.92 Å². The Hall–Kier alpha value is -2.99. The van der Waals surface area contributed by atoms with Crippen LogP contribution in [0.2, 0.25) is 0 Å². The zero-order valence-electron chi connectivity index (χ0n) is 18.5. The van der Waals surface area contributed by atoms with Crippen LogP contribution in [0.1, 0.15) is 42.1 Å². The van der Waals surface area contributed by atoms with E-state index >= 15 is 0 Å². The van der Waals surface area contributed by atoms with Gasteiger partial charge >= 0.3 is 12.1 Å². The third-order valence-corrected chi connectivity index (χ3v) is 7.35. The van der Waals surface area contributed by atoms with Gasteiger partial charge in [-0.15, -0.1) is 0 Å². The number of halogens is 3. The summed E-state index contributed by atoms with van der Waals surface area (Å²) >= 11 is 0. The van der Waals surface area contributed by atoms with Gasteiger partial charge in [-0.25, -0.2) is 13.2 Å². The number of sulfonamides is 1. The standard InChI is InChI=1S/C22H25F3N2O6S/c1-3-21(30)8-10-27(11-9-21)17-6-5-15(22(23,24)25)13-16(17)26-34(31,32)19-12-14(20(28)29)4-7-18(19)33-2/h4-7,12-13,26,30H,3,8-11H2,1-2H3,(H,28,29). The average Bonchev–Trinajstić information content (AvgIpc) is 2.78. The van der Waals surface area contributed by atoms with Crippen LogP contribution in [-0.2, 0) is 16.2 Å². The summed E-state index contributed by atoms with van der Waals surface area (Å²) in [7, 11) is -3.36. The van der Waals surface area contributed by atoms with Crippen molar-refractivity contribution in [1.82, 2.24) is 0 Å². The highest BCUT2D eigenvalue weighted by molar-refractivity contribution is 7.92. The molecule has 0 aliphatic carbocycles. The van der Waals surface area contributed by atoms with Gasteiger partial charge in [-0.3, -0.25) is 4.72 Å². The maximum atomic E-state index is 13.4. The van der Waals surface area contributed by atoms with Crippen molar-refractivity contribution >= 4 is 27.4 Å². The maximum Gasteiger partial charge on any atom is 0.416 e. The van der Waals surface area contributed by atoms with Crippen LogP contribution in [0, 0.1) is 0 Å². The van der Waals surface area contributed by atoms with Crippen molar-refractivity contribution in [2.75, 3.05) is 29.8 Å². The number of nitrogens with one attached hydrogen (secondary N) is 1. The molecule has 3 rings (SSSR count). The number of aromatic carboxylic acids is 1. The maximum absolute atomic E-state index is 13.4. The molecule has 34 heavy (non-hydrogen) atoms. The van der Waals surface area contributed by atoms with Gasteiger partial charge in [0.15, 0.2) is 0 Å². The topological polar surface area (TPSA) is 116 Å². The van der Waals surface area contributed by atoms with Crippen molar-refractivity contribution in [2.45, 2.75) is 42.9 Å². The highest BCUT2D eigenvalue weighted by atomic mass is 32.2. The molecule has 1 aliphatic rings. The molecule has 0 radical (unpaired) electrons.